The van der Waals surface area contributed by atoms with Crippen molar-refractivity contribution >= 4 is 16.1 Å². The van der Waals surface area contributed by atoms with Crippen molar-refractivity contribution in [3.05, 3.63) is 53.3 Å². The number of nitrogens with one attached hydrogen (secondary N) is 2. The lowest BCUT2D eigenvalue weighted by Crippen LogP contribution is -2.57. The largest absolute Gasteiger partial charge is 0.354 e. The highest BCUT2D eigenvalue weighted by Gasteiger charge is 2.41. The van der Waals surface area contributed by atoms with Gasteiger partial charge in [-0.15, -0.1) is 0 Å². The normalized spacial score (nSPS) is 22.5. The average Bonchev–Trinajstić information content (AvgIpc) is 2.96. The van der Waals surface area contributed by atoms with Crippen LogP contribution < -0.4 is 10.0 Å². The van der Waals surface area contributed by atoms with E-state index in [2.05, 4.69) is 15.1 Å². The van der Waals surface area contributed by atoms with Crippen molar-refractivity contribution in [1.29, 1.82) is 0 Å². The average molecular weight is 391 g/mol. The number of hydrogen-bond donors (Lipinski definition) is 2. The van der Waals surface area contributed by atoms with Crippen molar-refractivity contribution in [3.63, 3.8) is 0 Å². The van der Waals surface area contributed by atoms with E-state index in [1.54, 1.807) is 17.9 Å². The van der Waals surface area contributed by atoms with E-state index in [0.717, 1.165) is 21.1 Å². The molecule has 2 aromatic rings. The van der Waals surface area contributed by atoms with Crippen LogP contribution in [0.15, 0.2) is 36.5 Å². The van der Waals surface area contributed by atoms with E-state index in [1.807, 2.05) is 37.3 Å². The molecule has 1 aromatic carbocycles. The molecule has 1 amide bonds. The summed E-state index contributed by atoms with van der Waals surface area (Å²) >= 11 is 0. The van der Waals surface area contributed by atoms with Gasteiger partial charge in [0.05, 0.1) is 11.7 Å². The lowest BCUT2D eigenvalue weighted by atomic mass is 10.00. The fraction of sp³-hybridized carbons (Fsp3) is 0.444. The summed E-state index contributed by atoms with van der Waals surface area (Å²) < 4.78 is 30.4. The Balaban J connectivity index is 1.70. The van der Waals surface area contributed by atoms with Gasteiger partial charge in [0.15, 0.2) is 0 Å². The van der Waals surface area contributed by atoms with E-state index in [0.29, 0.717) is 19.4 Å². The lowest BCUT2D eigenvalue weighted by molar-refractivity contribution is -0.125. The first-order valence-corrected chi connectivity index (χ1v) is 10.3. The highest BCUT2D eigenvalue weighted by atomic mass is 32.2. The first-order valence-electron chi connectivity index (χ1n) is 8.85. The summed E-state index contributed by atoms with van der Waals surface area (Å²) in [5.41, 5.74) is 2.65. The van der Waals surface area contributed by atoms with Gasteiger partial charge in [-0.25, -0.2) is 0 Å². The number of carbonyl (C=O) groups is 1. The number of aryl methyl sites for hydroxylation is 2. The lowest BCUT2D eigenvalue weighted by Gasteiger charge is -2.36. The van der Waals surface area contributed by atoms with E-state index in [9.17, 15) is 13.2 Å². The molecule has 2 N–H and O–H groups in total. The summed E-state index contributed by atoms with van der Waals surface area (Å²) in [7, 11) is -0.540. The fourth-order valence-electron chi connectivity index (χ4n) is 3.37. The highest BCUT2D eigenvalue weighted by Crippen LogP contribution is 2.29. The molecule has 1 aliphatic heterocycles. The molecule has 0 saturated carbocycles. The monoisotopic (exact) mass is 391 g/mol. The number of amides is 1. The van der Waals surface area contributed by atoms with Crippen LogP contribution in [-0.2, 0) is 28.5 Å². The SMILES string of the molecule is Cc1nn(C)cc1[C@@H]1C[C@H](C(=O)NCCc2ccccc2)N(C)S(=O)(=O)N1. The predicted octanol–water partition coefficient (Wildman–Crippen LogP) is 0.667. The molecule has 0 bridgehead atoms. The molecule has 0 unspecified atom stereocenters. The molecule has 3 rings (SSSR count). The van der Waals surface area contributed by atoms with Gasteiger partial charge in [0.1, 0.15) is 6.04 Å². The smallest absolute Gasteiger partial charge is 0.280 e. The number of nitrogens with zero attached hydrogens (tertiary/aromatic N) is 3. The zero-order chi connectivity index (χ0) is 19.6. The second kappa shape index (κ2) is 7.79. The zero-order valence-electron chi connectivity index (χ0n) is 15.7. The van der Waals surface area contributed by atoms with Crippen molar-refractivity contribution in [3.8, 4) is 0 Å². The first kappa shape index (κ1) is 19.5. The van der Waals surface area contributed by atoms with Crippen molar-refractivity contribution in [1.82, 2.24) is 24.1 Å². The van der Waals surface area contributed by atoms with E-state index in [4.69, 9.17) is 0 Å². The Bertz CT molecular complexity index is 910. The van der Waals surface area contributed by atoms with Gasteiger partial charge < -0.3 is 5.32 Å². The summed E-state index contributed by atoms with van der Waals surface area (Å²) in [6, 6.07) is 8.58. The molecule has 9 heteroatoms. The minimum absolute atomic E-state index is 0.287. The van der Waals surface area contributed by atoms with E-state index >= 15 is 0 Å². The molecule has 1 aliphatic rings. The van der Waals surface area contributed by atoms with Crippen LogP contribution in [0.1, 0.15) is 29.3 Å². The van der Waals surface area contributed by atoms with Gasteiger partial charge in [-0.05, 0) is 25.3 Å². The number of benzene rings is 1. The van der Waals surface area contributed by atoms with Crippen LogP contribution in [0.2, 0.25) is 0 Å². The Labute approximate surface area is 159 Å². The quantitative estimate of drug-likeness (QED) is 0.783. The number of likely N-dealkylation sites (N-methyl/N-ethyl adjacent to an activating group) is 1. The van der Waals surface area contributed by atoms with Crippen LogP contribution in [0.5, 0.6) is 0 Å². The molecule has 1 aromatic heterocycles. The van der Waals surface area contributed by atoms with Crippen LogP contribution in [0.25, 0.3) is 0 Å². The van der Waals surface area contributed by atoms with Crippen molar-refractivity contribution in [2.75, 3.05) is 13.6 Å². The van der Waals surface area contributed by atoms with Gasteiger partial charge in [-0.2, -0.15) is 22.5 Å². The Morgan fingerprint density at radius 2 is 2.00 bits per heavy atom. The molecule has 0 aliphatic carbocycles. The molecule has 8 nitrogen and oxygen atoms in total. The maximum atomic E-state index is 12.7. The molecule has 0 radical (unpaired) electrons. The molecule has 1 fully saturated rings. The maximum Gasteiger partial charge on any atom is 0.280 e. The third kappa shape index (κ3) is 4.37. The molecule has 27 heavy (non-hydrogen) atoms. The Hall–Kier alpha value is -2.23. The summed E-state index contributed by atoms with van der Waals surface area (Å²) in [5.74, 6) is -0.287. The number of hydrogen-bond acceptors (Lipinski definition) is 4. The van der Waals surface area contributed by atoms with Gasteiger partial charge in [0.2, 0.25) is 5.91 Å². The molecular formula is C18H25N5O3S. The minimum atomic E-state index is -3.75. The summed E-state index contributed by atoms with van der Waals surface area (Å²) in [4.78, 5) is 12.7. The van der Waals surface area contributed by atoms with Crippen LogP contribution >= 0.6 is 0 Å². The van der Waals surface area contributed by atoms with Gasteiger partial charge >= 0.3 is 0 Å². The molecule has 2 atom stereocenters. The Morgan fingerprint density at radius 3 is 2.63 bits per heavy atom. The van der Waals surface area contributed by atoms with Gasteiger partial charge in [-0.3, -0.25) is 9.48 Å². The molecular weight excluding hydrogens is 366 g/mol. The Morgan fingerprint density at radius 1 is 1.30 bits per heavy atom. The zero-order valence-corrected chi connectivity index (χ0v) is 16.5. The van der Waals surface area contributed by atoms with Gasteiger partial charge in [0.25, 0.3) is 10.2 Å². The topological polar surface area (TPSA) is 96.3 Å². The summed E-state index contributed by atoms with van der Waals surface area (Å²) in [6.07, 6.45) is 2.83. The summed E-state index contributed by atoms with van der Waals surface area (Å²) in [5, 5.41) is 7.14. The maximum absolute atomic E-state index is 12.7. The molecule has 1 saturated heterocycles. The second-order valence-electron chi connectivity index (χ2n) is 6.81. The highest BCUT2D eigenvalue weighted by molar-refractivity contribution is 7.87. The minimum Gasteiger partial charge on any atom is -0.354 e. The number of carbonyl (C=O) groups excluding carboxylic acids is 1. The third-order valence-electron chi connectivity index (χ3n) is 4.85. The number of rotatable bonds is 5. The van der Waals surface area contributed by atoms with E-state index < -0.39 is 22.3 Å². The van der Waals surface area contributed by atoms with Crippen molar-refractivity contribution < 1.29 is 13.2 Å². The second-order valence-corrected chi connectivity index (χ2v) is 8.58. The van der Waals surface area contributed by atoms with Crippen LogP contribution in [0.3, 0.4) is 0 Å². The molecule has 0 spiro atoms. The van der Waals surface area contributed by atoms with Gasteiger partial charge in [0, 0.05) is 32.4 Å². The van der Waals surface area contributed by atoms with Crippen LogP contribution in [0, 0.1) is 6.92 Å². The van der Waals surface area contributed by atoms with Crippen molar-refractivity contribution in [2.24, 2.45) is 7.05 Å². The third-order valence-corrected chi connectivity index (χ3v) is 6.45. The predicted molar refractivity (Wildman–Crippen MR) is 102 cm³/mol. The Kier molecular flexibility index (Phi) is 5.64. The van der Waals surface area contributed by atoms with E-state index in [1.165, 1.54) is 7.05 Å². The first-order chi connectivity index (χ1) is 12.8. The molecule has 2 heterocycles. The summed E-state index contributed by atoms with van der Waals surface area (Å²) in [6.45, 7) is 2.29. The van der Waals surface area contributed by atoms with Crippen molar-refractivity contribution in [2.45, 2.75) is 31.8 Å². The fourth-order valence-corrected chi connectivity index (χ4v) is 4.63. The van der Waals surface area contributed by atoms with Crippen LogP contribution in [0.4, 0.5) is 0 Å². The van der Waals surface area contributed by atoms with Crippen LogP contribution in [-0.4, -0.2) is 48.0 Å². The standard InChI is InChI=1S/C18H25N5O3S/c1-13-15(12-22(2)20-13)16-11-17(23(3)27(25,26)21-16)18(24)19-10-9-14-7-5-4-6-8-14/h4-8,12,16-17,21H,9-11H2,1-3H3,(H,19,24)/t16-,17+/m0/s1. The molecule has 146 valence electrons. The van der Waals surface area contributed by atoms with E-state index in [-0.39, 0.29) is 5.91 Å². The number of aromatic nitrogens is 2. The van der Waals surface area contributed by atoms with Gasteiger partial charge in [-0.1, -0.05) is 30.3 Å².